The Morgan fingerprint density at radius 2 is 2.24 bits per heavy atom. The summed E-state index contributed by atoms with van der Waals surface area (Å²) in [6.07, 6.45) is 1.37. The van der Waals surface area contributed by atoms with Gasteiger partial charge in [0.1, 0.15) is 0 Å². The summed E-state index contributed by atoms with van der Waals surface area (Å²) in [5, 5.41) is 11.5. The molecule has 0 saturated carbocycles. The normalized spacial score (nSPS) is 11.9. The number of amides is 1. The molecule has 0 radical (unpaired) electrons. The average Bonchev–Trinajstić information content (AvgIpc) is 2.25. The van der Waals surface area contributed by atoms with E-state index in [-0.39, 0.29) is 12.1 Å². The fourth-order valence-electron chi connectivity index (χ4n) is 1.12. The minimum atomic E-state index is -0.960. The van der Waals surface area contributed by atoms with Gasteiger partial charge in [0.2, 0.25) is 0 Å². The number of carboxylic acids is 1. The van der Waals surface area contributed by atoms with Crippen LogP contribution in [0.5, 0.6) is 0 Å². The van der Waals surface area contributed by atoms with Crippen molar-refractivity contribution < 1.29 is 14.7 Å². The molecule has 1 heterocycles. The molecule has 5 nitrogen and oxygen atoms in total. The Bertz CT molecular complexity index is 448. The second-order valence-corrected chi connectivity index (χ2v) is 4.16. The molecule has 0 aromatic carbocycles. The van der Waals surface area contributed by atoms with Gasteiger partial charge in [-0.1, -0.05) is 18.5 Å². The summed E-state index contributed by atoms with van der Waals surface area (Å²) in [6.45, 7) is 3.33. The number of carboxylic acid groups (broad SMARTS) is 1. The second-order valence-electron chi connectivity index (χ2n) is 3.75. The van der Waals surface area contributed by atoms with Crippen LogP contribution >= 0.6 is 11.6 Å². The van der Waals surface area contributed by atoms with Crippen molar-refractivity contribution in [1.29, 1.82) is 0 Å². The smallest absolute Gasteiger partial charge is 0.308 e. The molecule has 0 saturated heterocycles. The lowest BCUT2D eigenvalue weighted by atomic mass is 10.2. The average molecular weight is 257 g/mol. The van der Waals surface area contributed by atoms with Crippen molar-refractivity contribution in [3.63, 3.8) is 0 Å². The highest BCUT2D eigenvalue weighted by Crippen LogP contribution is 2.15. The minimum absolute atomic E-state index is 0.0539. The third kappa shape index (κ3) is 3.71. The third-order valence-electron chi connectivity index (χ3n) is 2.23. The monoisotopic (exact) mass is 256 g/mol. The van der Waals surface area contributed by atoms with Gasteiger partial charge in [-0.15, -0.1) is 0 Å². The van der Waals surface area contributed by atoms with Gasteiger partial charge in [-0.3, -0.25) is 14.6 Å². The Morgan fingerprint density at radius 3 is 2.76 bits per heavy atom. The number of hydrogen-bond donors (Lipinski definition) is 2. The quantitative estimate of drug-likeness (QED) is 0.856. The Balaban J connectivity index is 2.67. The van der Waals surface area contributed by atoms with Crippen LogP contribution in [0.3, 0.4) is 0 Å². The summed E-state index contributed by atoms with van der Waals surface area (Å²) in [5.74, 6) is -2.02. The lowest BCUT2D eigenvalue weighted by Crippen LogP contribution is -2.31. The number of rotatable bonds is 4. The van der Waals surface area contributed by atoms with Crippen molar-refractivity contribution in [3.8, 4) is 0 Å². The molecule has 6 heteroatoms. The molecular weight excluding hydrogens is 244 g/mol. The SMILES string of the molecule is Cc1cc(Cl)c(C(=O)NCC(C)C(=O)O)cn1. The molecule has 1 amide bonds. The fourth-order valence-corrected chi connectivity index (χ4v) is 1.41. The van der Waals surface area contributed by atoms with Gasteiger partial charge in [0.15, 0.2) is 0 Å². The highest BCUT2D eigenvalue weighted by atomic mass is 35.5. The number of pyridine rings is 1. The van der Waals surface area contributed by atoms with Gasteiger partial charge in [0.05, 0.1) is 16.5 Å². The summed E-state index contributed by atoms with van der Waals surface area (Å²) in [7, 11) is 0. The second kappa shape index (κ2) is 5.63. The van der Waals surface area contributed by atoms with Crippen LogP contribution in [0.1, 0.15) is 23.0 Å². The number of carbonyl (C=O) groups excluding carboxylic acids is 1. The number of nitrogens with one attached hydrogen (secondary N) is 1. The first kappa shape index (κ1) is 13.4. The van der Waals surface area contributed by atoms with E-state index >= 15 is 0 Å². The highest BCUT2D eigenvalue weighted by Gasteiger charge is 2.15. The first-order valence-corrected chi connectivity index (χ1v) is 5.42. The van der Waals surface area contributed by atoms with Gasteiger partial charge in [0.25, 0.3) is 5.91 Å². The van der Waals surface area contributed by atoms with E-state index in [0.717, 1.165) is 0 Å². The summed E-state index contributed by atoms with van der Waals surface area (Å²) in [4.78, 5) is 26.2. The van der Waals surface area contributed by atoms with Crippen molar-refractivity contribution >= 4 is 23.5 Å². The van der Waals surface area contributed by atoms with Crippen molar-refractivity contribution in [2.75, 3.05) is 6.54 Å². The number of aryl methyl sites for hydroxylation is 1. The molecular formula is C11H13ClN2O3. The van der Waals surface area contributed by atoms with Crippen molar-refractivity contribution in [1.82, 2.24) is 10.3 Å². The molecule has 1 rings (SSSR count). The molecule has 1 aromatic rings. The lowest BCUT2D eigenvalue weighted by molar-refractivity contribution is -0.140. The topological polar surface area (TPSA) is 79.3 Å². The predicted molar refractivity (Wildman–Crippen MR) is 63.1 cm³/mol. The van der Waals surface area contributed by atoms with Gasteiger partial charge < -0.3 is 10.4 Å². The summed E-state index contributed by atoms with van der Waals surface area (Å²) >= 11 is 5.89. The first-order valence-electron chi connectivity index (χ1n) is 5.05. The van der Waals surface area contributed by atoms with Gasteiger partial charge in [-0.25, -0.2) is 0 Å². The molecule has 0 fully saturated rings. The van der Waals surface area contributed by atoms with Gasteiger partial charge in [-0.2, -0.15) is 0 Å². The number of carbonyl (C=O) groups is 2. The van der Waals surface area contributed by atoms with E-state index in [2.05, 4.69) is 10.3 Å². The van der Waals surface area contributed by atoms with Gasteiger partial charge in [0, 0.05) is 18.4 Å². The van der Waals surface area contributed by atoms with E-state index in [1.165, 1.54) is 13.1 Å². The van der Waals surface area contributed by atoms with Crippen LogP contribution in [0, 0.1) is 12.8 Å². The van der Waals surface area contributed by atoms with E-state index in [1.807, 2.05) is 0 Å². The van der Waals surface area contributed by atoms with E-state index in [1.54, 1.807) is 13.0 Å². The Morgan fingerprint density at radius 1 is 1.59 bits per heavy atom. The maximum Gasteiger partial charge on any atom is 0.308 e. The van der Waals surface area contributed by atoms with Gasteiger partial charge in [-0.05, 0) is 13.0 Å². The highest BCUT2D eigenvalue weighted by molar-refractivity contribution is 6.33. The molecule has 1 atom stereocenters. The standard InChI is InChI=1S/C11H13ClN2O3/c1-6(11(16)17)4-14-10(15)8-5-13-7(2)3-9(8)12/h3,5-6H,4H2,1-2H3,(H,14,15)(H,16,17). The van der Waals surface area contributed by atoms with Crippen LogP contribution in [0.2, 0.25) is 5.02 Å². The number of aromatic nitrogens is 1. The molecule has 0 bridgehead atoms. The van der Waals surface area contributed by atoms with Crippen molar-refractivity contribution in [2.24, 2.45) is 5.92 Å². The molecule has 0 aliphatic carbocycles. The number of hydrogen-bond acceptors (Lipinski definition) is 3. The predicted octanol–water partition coefficient (Wildman–Crippen LogP) is 1.49. The van der Waals surface area contributed by atoms with Crippen LogP contribution in [0.25, 0.3) is 0 Å². The molecule has 0 spiro atoms. The van der Waals surface area contributed by atoms with E-state index in [9.17, 15) is 9.59 Å². The van der Waals surface area contributed by atoms with E-state index in [4.69, 9.17) is 16.7 Å². The zero-order chi connectivity index (χ0) is 13.0. The Kier molecular flexibility index (Phi) is 4.45. The van der Waals surface area contributed by atoms with Crippen LogP contribution < -0.4 is 5.32 Å². The third-order valence-corrected chi connectivity index (χ3v) is 2.54. The van der Waals surface area contributed by atoms with E-state index < -0.39 is 17.8 Å². The fraction of sp³-hybridized carbons (Fsp3) is 0.364. The molecule has 2 N–H and O–H groups in total. The first-order chi connectivity index (χ1) is 7.91. The Hall–Kier alpha value is -1.62. The number of halogens is 1. The maximum absolute atomic E-state index is 11.7. The van der Waals surface area contributed by atoms with Crippen molar-refractivity contribution in [2.45, 2.75) is 13.8 Å². The Labute approximate surface area is 104 Å². The van der Waals surface area contributed by atoms with Gasteiger partial charge >= 0.3 is 5.97 Å². The summed E-state index contributed by atoms with van der Waals surface area (Å²) in [6, 6.07) is 1.58. The van der Waals surface area contributed by atoms with Crippen molar-refractivity contribution in [3.05, 3.63) is 28.5 Å². The summed E-state index contributed by atoms with van der Waals surface area (Å²) in [5.41, 5.74) is 0.959. The van der Waals surface area contributed by atoms with E-state index in [0.29, 0.717) is 10.7 Å². The molecule has 0 aliphatic rings. The molecule has 92 valence electrons. The lowest BCUT2D eigenvalue weighted by Gasteiger charge is -2.09. The molecule has 1 unspecified atom stereocenters. The zero-order valence-corrected chi connectivity index (χ0v) is 10.3. The zero-order valence-electron chi connectivity index (χ0n) is 9.53. The largest absolute Gasteiger partial charge is 0.481 e. The molecule has 0 aliphatic heterocycles. The van der Waals surface area contributed by atoms with Crippen LogP contribution in [0.15, 0.2) is 12.3 Å². The van der Waals surface area contributed by atoms with Crippen LogP contribution in [-0.4, -0.2) is 28.5 Å². The maximum atomic E-state index is 11.7. The number of nitrogens with zero attached hydrogens (tertiary/aromatic N) is 1. The van der Waals surface area contributed by atoms with Crippen LogP contribution in [-0.2, 0) is 4.79 Å². The molecule has 17 heavy (non-hydrogen) atoms. The minimum Gasteiger partial charge on any atom is -0.481 e. The summed E-state index contributed by atoms with van der Waals surface area (Å²) < 4.78 is 0. The molecule has 1 aromatic heterocycles. The van der Waals surface area contributed by atoms with Crippen LogP contribution in [0.4, 0.5) is 0 Å². The number of aliphatic carboxylic acids is 1.